The maximum atomic E-state index is 12.9. The van der Waals surface area contributed by atoms with Gasteiger partial charge in [0.05, 0.1) is 11.0 Å². The Morgan fingerprint density at radius 3 is 2.44 bits per heavy atom. The van der Waals surface area contributed by atoms with Crippen LogP contribution in [0.2, 0.25) is 0 Å². The number of hydrogen-bond acceptors (Lipinski definition) is 4. The molecule has 1 N–H and O–H groups in total. The van der Waals surface area contributed by atoms with Crippen molar-refractivity contribution in [2.24, 2.45) is 5.92 Å². The van der Waals surface area contributed by atoms with Crippen LogP contribution in [-0.4, -0.2) is 45.5 Å². The number of sulfonamides is 1. The predicted octanol–water partition coefficient (Wildman–Crippen LogP) is 3.21. The van der Waals surface area contributed by atoms with Gasteiger partial charge in [-0.05, 0) is 83.3 Å². The number of rotatable bonds is 7. The summed E-state index contributed by atoms with van der Waals surface area (Å²) in [5.74, 6) is 1.36. The third-order valence-corrected chi connectivity index (χ3v) is 6.42. The van der Waals surface area contributed by atoms with Crippen molar-refractivity contribution in [3.05, 3.63) is 23.8 Å². The SMILES string of the molecule is CNCCC1CCN(S(=O)(=O)c2ccc(OC(C)C)c(C)c2)CC1.Cl. The van der Waals surface area contributed by atoms with Crippen LogP contribution >= 0.6 is 12.4 Å². The fourth-order valence-electron chi connectivity index (χ4n) is 3.10. The number of benzene rings is 1. The number of halogens is 1. The second-order valence-electron chi connectivity index (χ2n) is 6.83. The lowest BCUT2D eigenvalue weighted by molar-refractivity contribution is 0.240. The third-order valence-electron chi connectivity index (χ3n) is 4.52. The van der Waals surface area contributed by atoms with Crippen molar-refractivity contribution in [1.82, 2.24) is 9.62 Å². The fraction of sp³-hybridized carbons (Fsp3) is 0.667. The van der Waals surface area contributed by atoms with Crippen molar-refractivity contribution in [1.29, 1.82) is 0 Å². The average Bonchev–Trinajstić information content (AvgIpc) is 2.54. The molecule has 0 amide bonds. The van der Waals surface area contributed by atoms with E-state index in [9.17, 15) is 8.42 Å². The number of nitrogens with zero attached hydrogens (tertiary/aromatic N) is 1. The molecular formula is C18H31ClN2O3S. The molecule has 1 heterocycles. The average molecular weight is 391 g/mol. The minimum absolute atomic E-state index is 0. The van der Waals surface area contributed by atoms with Gasteiger partial charge in [0.15, 0.2) is 0 Å². The molecule has 0 unspecified atom stereocenters. The fourth-order valence-corrected chi connectivity index (χ4v) is 4.66. The highest BCUT2D eigenvalue weighted by Crippen LogP contribution is 2.28. The molecule has 1 aliphatic rings. The number of ether oxygens (including phenoxy) is 1. The van der Waals surface area contributed by atoms with Crippen LogP contribution in [0.5, 0.6) is 5.75 Å². The lowest BCUT2D eigenvalue weighted by Crippen LogP contribution is -2.38. The Morgan fingerprint density at radius 2 is 1.92 bits per heavy atom. The van der Waals surface area contributed by atoms with Gasteiger partial charge < -0.3 is 10.1 Å². The summed E-state index contributed by atoms with van der Waals surface area (Å²) in [7, 11) is -1.46. The summed E-state index contributed by atoms with van der Waals surface area (Å²) in [6.07, 6.45) is 3.07. The molecule has 0 aliphatic carbocycles. The van der Waals surface area contributed by atoms with E-state index in [2.05, 4.69) is 5.32 Å². The van der Waals surface area contributed by atoms with Gasteiger partial charge in [-0.25, -0.2) is 8.42 Å². The molecule has 7 heteroatoms. The van der Waals surface area contributed by atoms with E-state index in [1.165, 1.54) is 0 Å². The first-order valence-corrected chi connectivity index (χ1v) is 10.2. The molecule has 0 radical (unpaired) electrons. The lowest BCUT2D eigenvalue weighted by atomic mass is 9.95. The van der Waals surface area contributed by atoms with Gasteiger partial charge in [-0.3, -0.25) is 0 Å². The van der Waals surface area contributed by atoms with Crippen LogP contribution in [0.3, 0.4) is 0 Å². The molecule has 1 aromatic carbocycles. The van der Waals surface area contributed by atoms with E-state index < -0.39 is 10.0 Å². The Balaban J connectivity index is 0.00000312. The maximum Gasteiger partial charge on any atom is 0.243 e. The molecule has 144 valence electrons. The summed E-state index contributed by atoms with van der Waals surface area (Å²) in [6, 6.07) is 5.15. The first-order valence-electron chi connectivity index (χ1n) is 8.76. The molecule has 0 spiro atoms. The number of aryl methyl sites for hydroxylation is 1. The summed E-state index contributed by atoms with van der Waals surface area (Å²) in [4.78, 5) is 0.366. The molecular weight excluding hydrogens is 360 g/mol. The molecule has 1 aliphatic heterocycles. The molecule has 0 aromatic heterocycles. The van der Waals surface area contributed by atoms with Gasteiger partial charge in [0, 0.05) is 13.1 Å². The van der Waals surface area contributed by atoms with Crippen LogP contribution in [0.4, 0.5) is 0 Å². The summed E-state index contributed by atoms with van der Waals surface area (Å²) < 4.78 is 33.1. The van der Waals surface area contributed by atoms with Crippen molar-refractivity contribution >= 4 is 22.4 Å². The highest BCUT2D eigenvalue weighted by molar-refractivity contribution is 7.89. The van der Waals surface area contributed by atoms with Gasteiger partial charge in [-0.15, -0.1) is 12.4 Å². The monoisotopic (exact) mass is 390 g/mol. The van der Waals surface area contributed by atoms with Crippen molar-refractivity contribution in [3.8, 4) is 5.75 Å². The standard InChI is InChI=1S/C18H30N2O3S.ClH/c1-14(2)23-18-6-5-17(13-15(18)3)24(21,22)20-11-8-16(9-12-20)7-10-19-4;/h5-6,13-14,16,19H,7-12H2,1-4H3;1H. The molecule has 1 fully saturated rings. The first-order chi connectivity index (χ1) is 11.3. The molecule has 1 saturated heterocycles. The number of hydrogen-bond donors (Lipinski definition) is 1. The van der Waals surface area contributed by atoms with Gasteiger partial charge in [0.1, 0.15) is 5.75 Å². The highest BCUT2D eigenvalue weighted by atomic mass is 35.5. The van der Waals surface area contributed by atoms with Crippen LogP contribution in [0.25, 0.3) is 0 Å². The molecule has 0 atom stereocenters. The van der Waals surface area contributed by atoms with E-state index in [0.29, 0.717) is 23.9 Å². The molecule has 1 aromatic rings. The summed E-state index contributed by atoms with van der Waals surface area (Å²) >= 11 is 0. The van der Waals surface area contributed by atoms with Crippen molar-refractivity contribution in [2.45, 2.75) is 51.0 Å². The Hall–Kier alpha value is -0.820. The van der Waals surface area contributed by atoms with E-state index in [4.69, 9.17) is 4.74 Å². The Morgan fingerprint density at radius 1 is 1.28 bits per heavy atom. The smallest absolute Gasteiger partial charge is 0.243 e. The highest BCUT2D eigenvalue weighted by Gasteiger charge is 2.29. The molecule has 5 nitrogen and oxygen atoms in total. The third kappa shape index (κ3) is 5.84. The van der Waals surface area contributed by atoms with E-state index >= 15 is 0 Å². The minimum atomic E-state index is -3.41. The van der Waals surface area contributed by atoms with Gasteiger partial charge in [0.25, 0.3) is 0 Å². The molecule has 25 heavy (non-hydrogen) atoms. The summed E-state index contributed by atoms with van der Waals surface area (Å²) in [5, 5.41) is 3.16. The Bertz CT molecular complexity index is 642. The Kier molecular flexibility index (Phi) is 8.68. The Labute approximate surface area is 158 Å². The lowest BCUT2D eigenvalue weighted by Gasteiger charge is -2.31. The van der Waals surface area contributed by atoms with Crippen LogP contribution in [0.1, 0.15) is 38.7 Å². The second-order valence-corrected chi connectivity index (χ2v) is 8.77. The first kappa shape index (κ1) is 22.2. The zero-order valence-electron chi connectivity index (χ0n) is 15.6. The normalized spacial score (nSPS) is 16.7. The number of nitrogens with one attached hydrogen (secondary N) is 1. The summed E-state index contributed by atoms with van der Waals surface area (Å²) in [5.41, 5.74) is 0.855. The van der Waals surface area contributed by atoms with E-state index in [-0.39, 0.29) is 18.5 Å². The quantitative estimate of drug-likeness (QED) is 0.776. The van der Waals surface area contributed by atoms with E-state index in [1.807, 2.05) is 27.8 Å². The number of piperidine rings is 1. The van der Waals surface area contributed by atoms with Gasteiger partial charge in [-0.1, -0.05) is 0 Å². The van der Waals surface area contributed by atoms with Gasteiger partial charge in [-0.2, -0.15) is 4.31 Å². The van der Waals surface area contributed by atoms with Gasteiger partial charge in [0.2, 0.25) is 10.0 Å². The minimum Gasteiger partial charge on any atom is -0.491 e. The topological polar surface area (TPSA) is 58.6 Å². The van der Waals surface area contributed by atoms with Crippen LogP contribution in [-0.2, 0) is 10.0 Å². The molecule has 0 saturated carbocycles. The zero-order chi connectivity index (χ0) is 17.7. The zero-order valence-corrected chi connectivity index (χ0v) is 17.3. The van der Waals surface area contributed by atoms with Crippen LogP contribution in [0, 0.1) is 12.8 Å². The second kappa shape index (κ2) is 9.76. The van der Waals surface area contributed by atoms with Crippen molar-refractivity contribution in [3.63, 3.8) is 0 Å². The van der Waals surface area contributed by atoms with Crippen LogP contribution < -0.4 is 10.1 Å². The van der Waals surface area contributed by atoms with Crippen molar-refractivity contribution < 1.29 is 13.2 Å². The van der Waals surface area contributed by atoms with Gasteiger partial charge >= 0.3 is 0 Å². The van der Waals surface area contributed by atoms with Crippen molar-refractivity contribution in [2.75, 3.05) is 26.7 Å². The largest absolute Gasteiger partial charge is 0.491 e. The maximum absolute atomic E-state index is 12.9. The molecule has 0 bridgehead atoms. The predicted molar refractivity (Wildman–Crippen MR) is 104 cm³/mol. The van der Waals surface area contributed by atoms with E-state index in [0.717, 1.165) is 37.1 Å². The van der Waals surface area contributed by atoms with Crippen LogP contribution in [0.15, 0.2) is 23.1 Å². The summed E-state index contributed by atoms with van der Waals surface area (Å²) in [6.45, 7) is 8.03. The molecule has 2 rings (SSSR count). The van der Waals surface area contributed by atoms with E-state index in [1.54, 1.807) is 22.5 Å².